The molecule has 4 rings (SSSR count). The minimum Gasteiger partial charge on any atom is -0.497 e. The minimum atomic E-state index is 0.104. The number of methoxy groups -OCH3 is 2. The summed E-state index contributed by atoms with van der Waals surface area (Å²) in [6, 6.07) is 18.0. The summed E-state index contributed by atoms with van der Waals surface area (Å²) >= 11 is 0. The van der Waals surface area contributed by atoms with Gasteiger partial charge < -0.3 is 18.9 Å². The third kappa shape index (κ3) is 4.05. The lowest BCUT2D eigenvalue weighted by molar-refractivity contribution is 0.0696. The Morgan fingerprint density at radius 1 is 0.968 bits per heavy atom. The highest BCUT2D eigenvalue weighted by Gasteiger charge is 2.27. The molecular weight excluding hydrogens is 388 g/mol. The van der Waals surface area contributed by atoms with Gasteiger partial charge in [0.25, 0.3) is 5.91 Å². The molecule has 1 saturated heterocycles. The highest BCUT2D eigenvalue weighted by atomic mass is 16.5. The van der Waals surface area contributed by atoms with Crippen LogP contribution in [0.15, 0.2) is 54.6 Å². The molecule has 0 bridgehead atoms. The van der Waals surface area contributed by atoms with E-state index in [0.29, 0.717) is 11.7 Å². The van der Waals surface area contributed by atoms with E-state index < -0.39 is 0 Å². The van der Waals surface area contributed by atoms with Gasteiger partial charge in [-0.2, -0.15) is 0 Å². The summed E-state index contributed by atoms with van der Waals surface area (Å²) in [4.78, 5) is 15.5. The van der Waals surface area contributed by atoms with Gasteiger partial charge in [0.2, 0.25) is 0 Å². The van der Waals surface area contributed by atoms with E-state index in [2.05, 4.69) is 23.6 Å². The van der Waals surface area contributed by atoms with Crippen LogP contribution in [0.3, 0.4) is 0 Å². The first-order valence-corrected chi connectivity index (χ1v) is 10.8. The van der Waals surface area contributed by atoms with Gasteiger partial charge in [0.05, 0.1) is 31.2 Å². The van der Waals surface area contributed by atoms with E-state index in [-0.39, 0.29) is 5.91 Å². The third-order valence-electron chi connectivity index (χ3n) is 6.25. The molecule has 1 aliphatic heterocycles. The fraction of sp³-hybridized carbons (Fsp3) is 0.346. The van der Waals surface area contributed by atoms with Crippen molar-refractivity contribution >= 4 is 5.91 Å². The molecule has 1 amide bonds. The second-order valence-electron chi connectivity index (χ2n) is 8.24. The van der Waals surface area contributed by atoms with Crippen molar-refractivity contribution in [3.05, 3.63) is 65.9 Å². The number of aromatic nitrogens is 1. The first-order chi connectivity index (χ1) is 15.0. The van der Waals surface area contributed by atoms with E-state index in [4.69, 9.17) is 9.47 Å². The van der Waals surface area contributed by atoms with Crippen molar-refractivity contribution in [1.29, 1.82) is 0 Å². The molecule has 0 aliphatic carbocycles. The molecule has 0 atom stereocenters. The highest BCUT2D eigenvalue weighted by molar-refractivity contribution is 5.97. The normalized spacial score (nSPS) is 14.5. The predicted octanol–water partition coefficient (Wildman–Crippen LogP) is 5.34. The van der Waals surface area contributed by atoms with Gasteiger partial charge in [-0.3, -0.25) is 4.79 Å². The molecule has 0 spiro atoms. The maximum absolute atomic E-state index is 13.5. The van der Waals surface area contributed by atoms with Gasteiger partial charge in [-0.25, -0.2) is 0 Å². The molecule has 1 aromatic heterocycles. The molecular formula is C26H30N2O3. The molecule has 5 heteroatoms. The number of rotatable bonds is 5. The standard InChI is InChI=1S/C26H30N2O3/c1-18-12-14-27(15-13-18)26(29)22-17-24(20-8-6-5-7-9-20)28(19(22)2)23-11-10-21(30-3)16-25(23)31-4/h5-11,16-18H,12-15H2,1-4H3. The predicted molar refractivity (Wildman–Crippen MR) is 123 cm³/mol. The number of piperidine rings is 1. The number of amides is 1. The lowest BCUT2D eigenvalue weighted by Crippen LogP contribution is -2.38. The molecule has 1 aliphatic rings. The average molecular weight is 419 g/mol. The minimum absolute atomic E-state index is 0.104. The Morgan fingerprint density at radius 2 is 1.68 bits per heavy atom. The van der Waals surface area contributed by atoms with Crippen LogP contribution in [-0.2, 0) is 0 Å². The number of benzene rings is 2. The van der Waals surface area contributed by atoms with Crippen molar-refractivity contribution < 1.29 is 14.3 Å². The Labute approximate surface area is 184 Å². The zero-order valence-corrected chi connectivity index (χ0v) is 18.7. The molecule has 0 unspecified atom stereocenters. The number of carbonyl (C=O) groups is 1. The molecule has 2 aromatic carbocycles. The van der Waals surface area contributed by atoms with E-state index >= 15 is 0 Å². The smallest absolute Gasteiger partial charge is 0.255 e. The van der Waals surface area contributed by atoms with Crippen LogP contribution in [0.1, 0.15) is 35.8 Å². The Balaban J connectivity index is 1.85. The second-order valence-corrected chi connectivity index (χ2v) is 8.24. The second kappa shape index (κ2) is 8.88. The Bertz CT molecular complexity index is 1060. The number of hydrogen-bond donors (Lipinski definition) is 0. The Hall–Kier alpha value is -3.21. The summed E-state index contributed by atoms with van der Waals surface area (Å²) in [5, 5.41) is 0. The molecule has 31 heavy (non-hydrogen) atoms. The van der Waals surface area contributed by atoms with Crippen LogP contribution < -0.4 is 9.47 Å². The zero-order valence-electron chi connectivity index (χ0n) is 18.7. The molecule has 5 nitrogen and oxygen atoms in total. The van der Waals surface area contributed by atoms with Gasteiger partial charge in [-0.1, -0.05) is 37.3 Å². The monoisotopic (exact) mass is 418 g/mol. The summed E-state index contributed by atoms with van der Waals surface area (Å²) in [6.07, 6.45) is 2.12. The van der Waals surface area contributed by atoms with Crippen LogP contribution in [0, 0.1) is 12.8 Å². The van der Waals surface area contributed by atoms with Crippen molar-refractivity contribution in [3.63, 3.8) is 0 Å². The van der Waals surface area contributed by atoms with Crippen molar-refractivity contribution in [2.24, 2.45) is 5.92 Å². The fourth-order valence-electron chi connectivity index (χ4n) is 4.31. The van der Waals surface area contributed by atoms with Crippen molar-refractivity contribution in [2.75, 3.05) is 27.3 Å². The highest BCUT2D eigenvalue weighted by Crippen LogP contribution is 2.36. The summed E-state index contributed by atoms with van der Waals surface area (Å²) in [5.74, 6) is 2.21. The number of ether oxygens (including phenoxy) is 2. The maximum Gasteiger partial charge on any atom is 0.255 e. The molecule has 3 aromatic rings. The van der Waals surface area contributed by atoms with Gasteiger partial charge >= 0.3 is 0 Å². The van der Waals surface area contributed by atoms with Crippen LogP contribution in [0.4, 0.5) is 0 Å². The average Bonchev–Trinajstić information content (AvgIpc) is 3.16. The summed E-state index contributed by atoms with van der Waals surface area (Å²) in [6.45, 7) is 5.90. The van der Waals surface area contributed by atoms with Crippen LogP contribution in [-0.4, -0.2) is 42.7 Å². The van der Waals surface area contributed by atoms with Crippen molar-refractivity contribution in [1.82, 2.24) is 9.47 Å². The summed E-state index contributed by atoms with van der Waals surface area (Å²) in [7, 11) is 3.29. The SMILES string of the molecule is COc1ccc(-n2c(-c3ccccc3)cc(C(=O)N3CCC(C)CC3)c2C)c(OC)c1. The van der Waals surface area contributed by atoms with Crippen LogP contribution in [0.5, 0.6) is 11.5 Å². The van der Waals surface area contributed by atoms with Gasteiger partial charge in [-0.05, 0) is 49.4 Å². The van der Waals surface area contributed by atoms with Crippen LogP contribution in [0.25, 0.3) is 16.9 Å². The number of carbonyl (C=O) groups excluding carboxylic acids is 1. The van der Waals surface area contributed by atoms with Gasteiger partial charge in [-0.15, -0.1) is 0 Å². The van der Waals surface area contributed by atoms with Gasteiger partial charge in [0.1, 0.15) is 11.5 Å². The van der Waals surface area contributed by atoms with Gasteiger partial charge in [0.15, 0.2) is 0 Å². The quantitative estimate of drug-likeness (QED) is 0.562. The van der Waals surface area contributed by atoms with E-state index in [9.17, 15) is 4.79 Å². The maximum atomic E-state index is 13.5. The zero-order chi connectivity index (χ0) is 22.0. The van der Waals surface area contributed by atoms with Crippen LogP contribution in [0.2, 0.25) is 0 Å². The first-order valence-electron chi connectivity index (χ1n) is 10.8. The Morgan fingerprint density at radius 3 is 2.32 bits per heavy atom. The molecule has 2 heterocycles. The van der Waals surface area contributed by atoms with E-state index in [1.165, 1.54) is 0 Å². The summed E-state index contributed by atoms with van der Waals surface area (Å²) in [5.41, 5.74) is 4.55. The molecule has 0 N–H and O–H groups in total. The van der Waals surface area contributed by atoms with Gasteiger partial charge in [0, 0.05) is 24.8 Å². The lowest BCUT2D eigenvalue weighted by Gasteiger charge is -2.30. The molecule has 0 saturated carbocycles. The van der Waals surface area contributed by atoms with Crippen molar-refractivity contribution in [2.45, 2.75) is 26.7 Å². The number of hydrogen-bond acceptors (Lipinski definition) is 3. The van der Waals surface area contributed by atoms with Crippen molar-refractivity contribution in [3.8, 4) is 28.4 Å². The lowest BCUT2D eigenvalue weighted by atomic mass is 9.98. The molecule has 162 valence electrons. The third-order valence-corrected chi connectivity index (χ3v) is 6.25. The van der Waals surface area contributed by atoms with Crippen LogP contribution >= 0.6 is 0 Å². The molecule has 1 fully saturated rings. The summed E-state index contributed by atoms with van der Waals surface area (Å²) < 4.78 is 13.2. The van der Waals surface area contributed by atoms with E-state index in [1.807, 2.05) is 54.3 Å². The number of likely N-dealkylation sites (tertiary alicyclic amines) is 1. The Kier molecular flexibility index (Phi) is 6.03. The first kappa shape index (κ1) is 21.0. The van der Waals surface area contributed by atoms with E-state index in [1.54, 1.807) is 14.2 Å². The fourth-order valence-corrected chi connectivity index (χ4v) is 4.31. The largest absolute Gasteiger partial charge is 0.497 e. The molecule has 0 radical (unpaired) electrons. The number of nitrogens with zero attached hydrogens (tertiary/aromatic N) is 2. The van der Waals surface area contributed by atoms with E-state index in [0.717, 1.165) is 59.9 Å². The topological polar surface area (TPSA) is 43.7 Å².